The summed E-state index contributed by atoms with van der Waals surface area (Å²) in [5, 5.41) is 49.5. The van der Waals surface area contributed by atoms with Crippen molar-refractivity contribution in [3.8, 4) is 56.3 Å². The molecule has 16 heterocycles. The molecule has 0 amide bonds. The number of aromatic nitrogens is 21. The number of pyridine rings is 1. The van der Waals surface area contributed by atoms with E-state index in [1.807, 2.05) is 85.9 Å². The van der Waals surface area contributed by atoms with Crippen molar-refractivity contribution in [1.29, 1.82) is 0 Å². The van der Waals surface area contributed by atoms with Gasteiger partial charge in [0.25, 0.3) is 0 Å². The van der Waals surface area contributed by atoms with Gasteiger partial charge in [0, 0.05) is 122 Å². The van der Waals surface area contributed by atoms with Crippen LogP contribution in [-0.4, -0.2) is 204 Å². The van der Waals surface area contributed by atoms with Crippen molar-refractivity contribution in [3.63, 3.8) is 0 Å². The Morgan fingerprint density at radius 2 is 0.591 bits per heavy atom. The summed E-state index contributed by atoms with van der Waals surface area (Å²) in [7, 11) is 0. The number of aromatic amines is 5. The molecule has 0 radical (unpaired) electrons. The number of hydrogen-bond acceptors (Lipinski definition) is 26. The minimum atomic E-state index is -0.544. The predicted octanol–water partition coefficient (Wildman–Crippen LogP) is 17.1. The van der Waals surface area contributed by atoms with Gasteiger partial charge in [-0.2, -0.15) is 25.5 Å². The van der Waals surface area contributed by atoms with Gasteiger partial charge in [0.2, 0.25) is 28.2 Å². The normalized spacial score (nSPS) is 17.1. The fraction of sp³-hybridized carbons (Fsp3) is 0.393. The zero-order valence-corrected chi connectivity index (χ0v) is 75.7. The second kappa shape index (κ2) is 38.3. The molecule has 14 N–H and O–H groups in total. The monoisotopic (exact) mass is 1830 g/mol. The Balaban J connectivity index is 0.000000117. The van der Waals surface area contributed by atoms with Gasteiger partial charge in [-0.15, -0.1) is 0 Å². The molecular formula is C89H101Cl6FN30O. The van der Waals surface area contributed by atoms with E-state index < -0.39 is 11.4 Å². The molecule has 5 fully saturated rings. The van der Waals surface area contributed by atoms with E-state index in [9.17, 15) is 9.50 Å². The van der Waals surface area contributed by atoms with Crippen LogP contribution in [0.25, 0.3) is 112 Å². The lowest BCUT2D eigenvalue weighted by Crippen LogP contribution is -2.50. The summed E-state index contributed by atoms with van der Waals surface area (Å²) in [6.07, 6.45) is 24.4. The smallest absolute Gasteiger partial charge is 0.202 e. The number of nitrogens with zero attached hydrogens (tertiary/aromatic N) is 21. The number of piperidine rings is 5. The molecule has 0 atom stereocenters. The Hall–Kier alpha value is -10.8. The number of H-pyrrole nitrogens is 5. The lowest BCUT2D eigenvalue weighted by molar-refractivity contribution is 0.0124. The largest absolute Gasteiger partial charge is 0.390 e. The molecule has 15 aromatic rings. The van der Waals surface area contributed by atoms with Crippen LogP contribution >= 0.6 is 69.6 Å². The van der Waals surface area contributed by atoms with Crippen LogP contribution in [0.1, 0.15) is 131 Å². The lowest BCUT2D eigenvalue weighted by atomic mass is 9.86. The zero-order valence-electron chi connectivity index (χ0n) is 71.2. The quantitative estimate of drug-likeness (QED) is 0.0426. The van der Waals surface area contributed by atoms with E-state index in [1.165, 1.54) is 6.07 Å². The molecule has 5 aliphatic heterocycles. The Morgan fingerprint density at radius 1 is 0.323 bits per heavy atom. The molecule has 0 saturated carbocycles. The predicted molar refractivity (Wildman–Crippen MR) is 505 cm³/mol. The fourth-order valence-corrected chi connectivity index (χ4v) is 17.9. The van der Waals surface area contributed by atoms with Crippen molar-refractivity contribution in [2.24, 2.45) is 22.9 Å². The first-order valence-electron chi connectivity index (χ1n) is 43.0. The number of fused-ring (bicyclic) bond motifs is 5. The van der Waals surface area contributed by atoms with Crippen LogP contribution in [0.4, 0.5) is 33.5 Å². The van der Waals surface area contributed by atoms with E-state index in [0.717, 1.165) is 241 Å². The standard InChI is InChI=1S/C18H20Cl2N6.C18H20ClFN6.C18H21ClN6.C18H20ClN5O.C17H20ClN7/c1-2-18(21)6-8-26(9-7-18)13-10-22-16-15(24-25-17(16)23-13)11-4-3-5-12(19)14(11)20;1-2-18(21)6-8-26(9-7-18)13-10-22-16-15(24-25-17(16)23-13)11-4-3-5-12(20)14(11)19;1-2-18(20)7-9-25(10-8-18)14-11-21-16-15(23-24-17(16)22-14)12-5-3-4-6-13(12)19;1-2-18(25)7-9-24(10-8-18)14-11-20-16-15(22-23-17(16)21-14)12-5-3-4-6-13(12)19;1-2-17(19)5-8-25(9-6-17)12-10-21-14-13(23-24-16(14)22-12)11-4-3-7-20-15(11)18/h2*3-5,10H,2,6-9,21H2,1H3,(H,23,24,25);3-6,11H,2,7-10,20H2,1H3,(H,22,23,24);3-6,11,25H,2,7-10H2,1H3,(H,21,22,23);3-4,7,10H,2,5-6,8-9,19H2,1H3,(H,22,23,24). The van der Waals surface area contributed by atoms with Crippen LogP contribution in [0.2, 0.25) is 30.3 Å². The summed E-state index contributed by atoms with van der Waals surface area (Å²) in [4.78, 5) is 61.2. The van der Waals surface area contributed by atoms with Crippen molar-refractivity contribution in [1.82, 2.24) is 106 Å². The summed E-state index contributed by atoms with van der Waals surface area (Å²) in [5.74, 6) is 3.60. The number of halogens is 7. The summed E-state index contributed by atoms with van der Waals surface area (Å²) < 4.78 is 13.8. The highest BCUT2D eigenvalue weighted by molar-refractivity contribution is 6.44. The molecule has 127 heavy (non-hydrogen) atoms. The van der Waals surface area contributed by atoms with Crippen LogP contribution in [0, 0.1) is 5.82 Å². The fourth-order valence-electron chi connectivity index (χ4n) is 16.6. The Morgan fingerprint density at radius 3 is 0.898 bits per heavy atom. The molecule has 11 aromatic heterocycles. The molecule has 0 unspecified atom stereocenters. The molecule has 20 rings (SSSR count). The van der Waals surface area contributed by atoms with E-state index in [4.69, 9.17) is 92.5 Å². The maximum absolute atomic E-state index is 13.8. The Labute approximate surface area is 762 Å². The average Bonchev–Trinajstić information content (AvgIpc) is 1.67. The molecule has 0 bridgehead atoms. The van der Waals surface area contributed by atoms with Gasteiger partial charge in [-0.25, -0.2) is 59.2 Å². The van der Waals surface area contributed by atoms with Gasteiger partial charge in [0.05, 0.1) is 90.2 Å². The third kappa shape index (κ3) is 19.5. The van der Waals surface area contributed by atoms with Crippen LogP contribution < -0.4 is 47.4 Å². The average molecular weight is 1840 g/mol. The first-order chi connectivity index (χ1) is 61.3. The summed E-state index contributed by atoms with van der Waals surface area (Å²) >= 11 is 37.3. The molecule has 38 heteroatoms. The zero-order chi connectivity index (χ0) is 88.9. The first kappa shape index (κ1) is 89.6. The second-order valence-electron chi connectivity index (χ2n) is 33.4. The van der Waals surface area contributed by atoms with Crippen LogP contribution in [0.5, 0.6) is 0 Å². The molecule has 0 aliphatic carbocycles. The molecule has 5 aliphatic rings. The van der Waals surface area contributed by atoms with E-state index in [1.54, 1.807) is 49.2 Å². The minimum absolute atomic E-state index is 0.0406. The van der Waals surface area contributed by atoms with Gasteiger partial charge in [0.15, 0.2) is 0 Å². The number of hydrogen-bond donors (Lipinski definition) is 10. The van der Waals surface area contributed by atoms with Gasteiger partial charge in [-0.1, -0.05) is 165 Å². The highest BCUT2D eigenvalue weighted by Crippen LogP contribution is 2.41. The third-order valence-electron chi connectivity index (χ3n) is 25.8. The molecule has 662 valence electrons. The topological polar surface area (TPSA) is 426 Å². The van der Waals surface area contributed by atoms with Crippen LogP contribution in [0.3, 0.4) is 0 Å². The van der Waals surface area contributed by atoms with Gasteiger partial charge in [-0.3, -0.25) is 25.5 Å². The molecule has 0 spiro atoms. The summed E-state index contributed by atoms with van der Waals surface area (Å²) in [5.41, 5.74) is 38.3. The van der Waals surface area contributed by atoms with Crippen LogP contribution in [0.15, 0.2) is 134 Å². The lowest BCUT2D eigenvalue weighted by Gasteiger charge is -2.39. The van der Waals surface area contributed by atoms with Crippen molar-refractivity contribution in [2.45, 2.75) is 159 Å². The SMILES string of the molecule is CCC1(N)CCN(c2cnc3c(-c4cccc(Cl)c4Cl)[nH]nc3n2)CC1.CCC1(N)CCN(c2cnc3c(-c4cccc(F)c4Cl)[nH]nc3n2)CC1.CCC1(N)CCN(c2cnc3c(-c4ccccc4Cl)[nH]nc3n2)CC1.CCC1(N)CCN(c2cnc3c(-c4cccnc4Cl)[nH]nc3n2)CC1.CCC1(O)CCN(c2cnc3c(-c4ccccc4Cl)[nH]nc3n2)CC1. The maximum Gasteiger partial charge on any atom is 0.202 e. The van der Waals surface area contributed by atoms with Crippen LogP contribution in [-0.2, 0) is 0 Å². The number of nitrogens with one attached hydrogen (secondary N) is 5. The van der Waals surface area contributed by atoms with Crippen molar-refractivity contribution < 1.29 is 9.50 Å². The molecule has 4 aromatic carbocycles. The number of anilines is 5. The van der Waals surface area contributed by atoms with E-state index in [2.05, 4.69) is 158 Å². The van der Waals surface area contributed by atoms with Crippen molar-refractivity contribution in [3.05, 3.63) is 170 Å². The minimum Gasteiger partial charge on any atom is -0.390 e. The van der Waals surface area contributed by atoms with E-state index in [-0.39, 0.29) is 27.2 Å². The van der Waals surface area contributed by atoms with Gasteiger partial charge in [0.1, 0.15) is 67.6 Å². The highest BCUT2D eigenvalue weighted by Gasteiger charge is 2.36. The number of rotatable bonds is 15. The maximum atomic E-state index is 13.8. The molecule has 5 saturated heterocycles. The summed E-state index contributed by atoms with van der Waals surface area (Å²) in [6, 6.07) is 29.1. The molecular weight excluding hydrogens is 1740 g/mol. The number of nitrogens with two attached hydrogens (primary N) is 4. The van der Waals surface area contributed by atoms with Gasteiger partial charge < -0.3 is 52.5 Å². The third-order valence-corrected chi connectivity index (χ3v) is 28.0. The first-order valence-corrected chi connectivity index (χ1v) is 45.2. The van der Waals surface area contributed by atoms with Crippen molar-refractivity contribution >= 4 is 155 Å². The number of aliphatic hydroxyl groups is 1. The van der Waals surface area contributed by atoms with Gasteiger partial charge in [-0.05, 0) is 133 Å². The second-order valence-corrected chi connectivity index (χ2v) is 35.7. The van der Waals surface area contributed by atoms with Crippen molar-refractivity contribution in [2.75, 3.05) is 89.9 Å². The van der Waals surface area contributed by atoms with E-state index >= 15 is 0 Å². The molecule has 31 nitrogen and oxygen atoms in total. The Kier molecular flexibility index (Phi) is 27.0. The Bertz CT molecular complexity index is 5850. The van der Waals surface area contributed by atoms with Gasteiger partial charge >= 0.3 is 0 Å². The highest BCUT2D eigenvalue weighted by atomic mass is 35.5. The summed E-state index contributed by atoms with van der Waals surface area (Å²) in [6.45, 7) is 19.2. The number of benzene rings is 4. The van der Waals surface area contributed by atoms with E-state index in [0.29, 0.717) is 86.8 Å².